The van der Waals surface area contributed by atoms with Crippen LogP contribution >= 0.6 is 11.8 Å². The van der Waals surface area contributed by atoms with Crippen LogP contribution in [0.2, 0.25) is 0 Å². The molecule has 2 atom stereocenters. The first-order chi connectivity index (χ1) is 8.17. The molecule has 2 rings (SSSR count). The van der Waals surface area contributed by atoms with Gasteiger partial charge in [0.25, 0.3) is 0 Å². The molecule has 0 radical (unpaired) electrons. The minimum atomic E-state index is -0.106. The Hall–Kier alpha value is -0.540. The van der Waals surface area contributed by atoms with Crippen molar-refractivity contribution < 1.29 is 4.39 Å². The van der Waals surface area contributed by atoms with E-state index in [4.69, 9.17) is 0 Å². The molecule has 1 heterocycles. The average Bonchev–Trinajstić information content (AvgIpc) is 2.30. The zero-order chi connectivity index (χ0) is 12.4. The van der Waals surface area contributed by atoms with Crippen molar-refractivity contribution in [1.29, 1.82) is 0 Å². The van der Waals surface area contributed by atoms with Crippen LogP contribution < -0.4 is 5.32 Å². The molecular weight excluding hydrogens is 233 g/mol. The average molecular weight is 253 g/mol. The molecule has 17 heavy (non-hydrogen) atoms. The van der Waals surface area contributed by atoms with E-state index in [-0.39, 0.29) is 5.82 Å². The molecule has 0 aliphatic carbocycles. The lowest BCUT2D eigenvalue weighted by atomic mass is 9.93. The van der Waals surface area contributed by atoms with Gasteiger partial charge in [0.2, 0.25) is 0 Å². The van der Waals surface area contributed by atoms with Crippen LogP contribution in [0.3, 0.4) is 0 Å². The minimum absolute atomic E-state index is 0.106. The third-order valence-electron chi connectivity index (χ3n) is 3.45. The molecule has 1 aliphatic heterocycles. The topological polar surface area (TPSA) is 12.0 Å². The van der Waals surface area contributed by atoms with E-state index in [1.807, 2.05) is 18.7 Å². The highest BCUT2D eigenvalue weighted by Crippen LogP contribution is 2.40. The SMILES string of the molecule is CCNC1c2cc(F)cc(C)c2CSC1CC. The van der Waals surface area contributed by atoms with Gasteiger partial charge in [0.1, 0.15) is 5.82 Å². The Labute approximate surface area is 107 Å². The number of nitrogens with one attached hydrogen (secondary N) is 1. The Morgan fingerprint density at radius 1 is 1.41 bits per heavy atom. The van der Waals surface area contributed by atoms with Gasteiger partial charge in [-0.2, -0.15) is 11.8 Å². The van der Waals surface area contributed by atoms with E-state index in [0.29, 0.717) is 11.3 Å². The van der Waals surface area contributed by atoms with Crippen molar-refractivity contribution in [2.75, 3.05) is 6.54 Å². The maximum atomic E-state index is 13.6. The Bertz CT molecular complexity index is 405. The molecule has 0 spiro atoms. The first-order valence-corrected chi connectivity index (χ1v) is 7.36. The third kappa shape index (κ3) is 2.50. The van der Waals surface area contributed by atoms with Gasteiger partial charge in [-0.05, 0) is 48.7 Å². The van der Waals surface area contributed by atoms with Crippen molar-refractivity contribution in [3.8, 4) is 0 Å². The molecule has 0 fully saturated rings. The summed E-state index contributed by atoms with van der Waals surface area (Å²) in [6.45, 7) is 7.26. The zero-order valence-electron chi connectivity index (χ0n) is 10.7. The van der Waals surface area contributed by atoms with Crippen LogP contribution in [0.4, 0.5) is 4.39 Å². The van der Waals surface area contributed by atoms with Crippen LogP contribution in [0.25, 0.3) is 0 Å². The van der Waals surface area contributed by atoms with Crippen LogP contribution in [0.5, 0.6) is 0 Å². The fourth-order valence-corrected chi connectivity index (χ4v) is 4.02. The number of rotatable bonds is 3. The molecule has 1 N–H and O–H groups in total. The number of hydrogen-bond donors (Lipinski definition) is 1. The maximum Gasteiger partial charge on any atom is 0.123 e. The highest BCUT2D eigenvalue weighted by Gasteiger charge is 2.29. The van der Waals surface area contributed by atoms with Crippen molar-refractivity contribution in [2.45, 2.75) is 44.2 Å². The number of aryl methyl sites for hydroxylation is 1. The first-order valence-electron chi connectivity index (χ1n) is 6.31. The summed E-state index contributed by atoms with van der Waals surface area (Å²) in [5, 5.41) is 4.07. The number of halogens is 1. The summed E-state index contributed by atoms with van der Waals surface area (Å²) in [5.41, 5.74) is 3.59. The molecular formula is C14H20FNS. The monoisotopic (exact) mass is 253 g/mol. The second-order valence-corrected chi connectivity index (χ2v) is 5.81. The summed E-state index contributed by atoms with van der Waals surface area (Å²) < 4.78 is 13.6. The maximum absolute atomic E-state index is 13.6. The molecule has 2 unspecified atom stereocenters. The van der Waals surface area contributed by atoms with Gasteiger partial charge in [-0.25, -0.2) is 4.39 Å². The second kappa shape index (κ2) is 5.40. The predicted molar refractivity (Wildman–Crippen MR) is 72.9 cm³/mol. The van der Waals surface area contributed by atoms with Crippen molar-refractivity contribution in [3.63, 3.8) is 0 Å². The summed E-state index contributed by atoms with van der Waals surface area (Å²) in [4.78, 5) is 0. The Balaban J connectivity index is 2.43. The van der Waals surface area contributed by atoms with Gasteiger partial charge in [-0.15, -0.1) is 0 Å². The molecule has 0 bridgehead atoms. The molecule has 0 amide bonds. The summed E-state index contributed by atoms with van der Waals surface area (Å²) in [5.74, 6) is 0.910. The lowest BCUT2D eigenvalue weighted by Gasteiger charge is -2.34. The molecule has 0 saturated heterocycles. The molecule has 94 valence electrons. The largest absolute Gasteiger partial charge is 0.309 e. The number of benzene rings is 1. The Morgan fingerprint density at radius 3 is 2.82 bits per heavy atom. The normalized spacial score (nSPS) is 23.5. The predicted octanol–water partition coefficient (Wildman–Crippen LogP) is 3.81. The van der Waals surface area contributed by atoms with Gasteiger partial charge < -0.3 is 5.32 Å². The van der Waals surface area contributed by atoms with Gasteiger partial charge >= 0.3 is 0 Å². The molecule has 1 aromatic carbocycles. The van der Waals surface area contributed by atoms with Crippen LogP contribution in [0.15, 0.2) is 12.1 Å². The van der Waals surface area contributed by atoms with Crippen molar-refractivity contribution >= 4 is 11.8 Å². The molecule has 1 nitrogen and oxygen atoms in total. The number of fused-ring (bicyclic) bond motifs is 1. The smallest absolute Gasteiger partial charge is 0.123 e. The second-order valence-electron chi connectivity index (χ2n) is 4.58. The minimum Gasteiger partial charge on any atom is -0.309 e. The van der Waals surface area contributed by atoms with E-state index in [1.165, 1.54) is 11.1 Å². The lowest BCUT2D eigenvalue weighted by molar-refractivity contribution is 0.508. The zero-order valence-corrected chi connectivity index (χ0v) is 11.5. The van der Waals surface area contributed by atoms with Crippen molar-refractivity contribution in [1.82, 2.24) is 5.32 Å². The van der Waals surface area contributed by atoms with Gasteiger partial charge in [0.15, 0.2) is 0 Å². The summed E-state index contributed by atoms with van der Waals surface area (Å²) >= 11 is 1.99. The van der Waals surface area contributed by atoms with Crippen molar-refractivity contribution in [3.05, 3.63) is 34.6 Å². The van der Waals surface area contributed by atoms with Crippen LogP contribution in [-0.2, 0) is 5.75 Å². The van der Waals surface area contributed by atoms with E-state index in [9.17, 15) is 4.39 Å². The summed E-state index contributed by atoms with van der Waals surface area (Å²) in [7, 11) is 0. The van der Waals surface area contributed by atoms with E-state index in [1.54, 1.807) is 12.1 Å². The van der Waals surface area contributed by atoms with Gasteiger partial charge in [-0.1, -0.05) is 13.8 Å². The standard InChI is InChI=1S/C14H20FNS/c1-4-13-14(16-5-2)11-7-10(15)6-9(3)12(11)8-17-13/h6-7,13-14,16H,4-5,8H2,1-3H3. The summed E-state index contributed by atoms with van der Waals surface area (Å²) in [6.07, 6.45) is 1.12. The first kappa shape index (κ1) is 12.9. The lowest BCUT2D eigenvalue weighted by Crippen LogP contribution is -2.33. The van der Waals surface area contributed by atoms with Crippen molar-refractivity contribution in [2.24, 2.45) is 0 Å². The van der Waals surface area contributed by atoms with Gasteiger partial charge in [0.05, 0.1) is 0 Å². The Kier molecular flexibility index (Phi) is 4.10. The van der Waals surface area contributed by atoms with Crippen LogP contribution in [0, 0.1) is 12.7 Å². The van der Waals surface area contributed by atoms with Crippen LogP contribution in [0.1, 0.15) is 43.0 Å². The molecule has 0 aromatic heterocycles. The van der Waals surface area contributed by atoms with Gasteiger partial charge in [-0.3, -0.25) is 0 Å². The number of thioether (sulfide) groups is 1. The van der Waals surface area contributed by atoms with E-state index in [0.717, 1.165) is 24.3 Å². The molecule has 3 heteroatoms. The third-order valence-corrected chi connectivity index (χ3v) is 4.94. The quantitative estimate of drug-likeness (QED) is 0.879. The van der Waals surface area contributed by atoms with Crippen LogP contribution in [-0.4, -0.2) is 11.8 Å². The summed E-state index contributed by atoms with van der Waals surface area (Å²) in [6, 6.07) is 3.67. The van der Waals surface area contributed by atoms with E-state index < -0.39 is 0 Å². The molecule has 1 aliphatic rings. The highest BCUT2D eigenvalue weighted by molar-refractivity contribution is 7.99. The fourth-order valence-electron chi connectivity index (χ4n) is 2.58. The molecule has 1 aromatic rings. The fraction of sp³-hybridized carbons (Fsp3) is 0.571. The number of hydrogen-bond acceptors (Lipinski definition) is 2. The van der Waals surface area contributed by atoms with Gasteiger partial charge in [0, 0.05) is 17.0 Å². The highest BCUT2D eigenvalue weighted by atomic mass is 32.2. The van der Waals surface area contributed by atoms with E-state index in [2.05, 4.69) is 19.2 Å². The Morgan fingerprint density at radius 2 is 2.18 bits per heavy atom. The molecule has 0 saturated carbocycles. The van der Waals surface area contributed by atoms with E-state index >= 15 is 0 Å².